The Labute approximate surface area is 128 Å². The molecule has 0 saturated heterocycles. The fourth-order valence-electron chi connectivity index (χ4n) is 3.37. The number of rotatable bonds is 3. The van der Waals surface area contributed by atoms with Crippen LogP contribution < -0.4 is 10.2 Å². The molecule has 3 heteroatoms. The standard InChI is InChI=1S/C17H27ClN2/c1-12-11-17(2,3)9-8-14(12)19-15-10-13(18)6-7-16(15)20(4)5/h6-7,10,12,14,19H,8-9,11H2,1-5H3. The Hall–Kier alpha value is -0.890. The van der Waals surface area contributed by atoms with Gasteiger partial charge in [0.15, 0.2) is 0 Å². The molecule has 1 aliphatic rings. The fourth-order valence-corrected chi connectivity index (χ4v) is 3.55. The van der Waals surface area contributed by atoms with Crippen LogP contribution in [0.4, 0.5) is 11.4 Å². The molecular formula is C17H27ClN2. The van der Waals surface area contributed by atoms with Crippen molar-refractivity contribution in [2.75, 3.05) is 24.3 Å². The van der Waals surface area contributed by atoms with Gasteiger partial charge in [0.05, 0.1) is 11.4 Å². The van der Waals surface area contributed by atoms with E-state index in [0.29, 0.717) is 17.4 Å². The third-order valence-corrected chi connectivity index (χ3v) is 4.71. The van der Waals surface area contributed by atoms with Crippen LogP contribution in [0.3, 0.4) is 0 Å². The summed E-state index contributed by atoms with van der Waals surface area (Å²) in [5.74, 6) is 0.688. The van der Waals surface area contributed by atoms with E-state index in [9.17, 15) is 0 Å². The summed E-state index contributed by atoms with van der Waals surface area (Å²) < 4.78 is 0. The van der Waals surface area contributed by atoms with Crippen molar-refractivity contribution in [2.45, 2.75) is 46.1 Å². The fraction of sp³-hybridized carbons (Fsp3) is 0.647. The molecule has 0 aliphatic heterocycles. The molecule has 20 heavy (non-hydrogen) atoms. The highest BCUT2D eigenvalue weighted by molar-refractivity contribution is 6.31. The first kappa shape index (κ1) is 15.5. The SMILES string of the molecule is CC1CC(C)(C)CCC1Nc1cc(Cl)ccc1N(C)C. The van der Waals surface area contributed by atoms with Gasteiger partial charge in [-0.3, -0.25) is 0 Å². The van der Waals surface area contributed by atoms with Crippen LogP contribution in [0.2, 0.25) is 5.02 Å². The average molecular weight is 295 g/mol. The van der Waals surface area contributed by atoms with Crippen molar-refractivity contribution in [1.29, 1.82) is 0 Å². The molecule has 0 radical (unpaired) electrons. The van der Waals surface area contributed by atoms with Gasteiger partial charge in [0.2, 0.25) is 0 Å². The van der Waals surface area contributed by atoms with Crippen molar-refractivity contribution in [3.8, 4) is 0 Å². The monoisotopic (exact) mass is 294 g/mol. The second-order valence-electron chi connectivity index (χ2n) is 7.19. The third-order valence-electron chi connectivity index (χ3n) is 4.47. The summed E-state index contributed by atoms with van der Waals surface area (Å²) in [7, 11) is 4.14. The highest BCUT2D eigenvalue weighted by Crippen LogP contribution is 2.40. The second kappa shape index (κ2) is 5.85. The molecule has 2 unspecified atom stereocenters. The largest absolute Gasteiger partial charge is 0.380 e. The quantitative estimate of drug-likeness (QED) is 0.841. The van der Waals surface area contributed by atoms with Gasteiger partial charge in [0.25, 0.3) is 0 Å². The molecule has 1 aromatic rings. The summed E-state index contributed by atoms with van der Waals surface area (Å²) in [6.07, 6.45) is 3.79. The van der Waals surface area contributed by atoms with Gasteiger partial charge in [-0.05, 0) is 48.8 Å². The second-order valence-corrected chi connectivity index (χ2v) is 7.63. The molecule has 0 bridgehead atoms. The van der Waals surface area contributed by atoms with E-state index < -0.39 is 0 Å². The summed E-state index contributed by atoms with van der Waals surface area (Å²) in [4.78, 5) is 2.14. The molecule has 2 rings (SSSR count). The van der Waals surface area contributed by atoms with E-state index in [1.54, 1.807) is 0 Å². The van der Waals surface area contributed by atoms with Gasteiger partial charge in [0.1, 0.15) is 0 Å². The first-order chi connectivity index (χ1) is 9.28. The minimum absolute atomic E-state index is 0.482. The molecule has 1 aliphatic carbocycles. The lowest BCUT2D eigenvalue weighted by molar-refractivity contribution is 0.177. The molecule has 0 aromatic heterocycles. The average Bonchev–Trinajstić information content (AvgIpc) is 2.32. The number of anilines is 2. The summed E-state index contributed by atoms with van der Waals surface area (Å²) in [6, 6.07) is 6.63. The molecule has 1 fully saturated rings. The number of halogens is 1. The van der Waals surface area contributed by atoms with Crippen LogP contribution in [0.1, 0.15) is 40.0 Å². The van der Waals surface area contributed by atoms with Crippen molar-refractivity contribution in [3.63, 3.8) is 0 Å². The summed E-state index contributed by atoms with van der Waals surface area (Å²) >= 11 is 6.16. The Morgan fingerprint density at radius 1 is 1.30 bits per heavy atom. The lowest BCUT2D eigenvalue weighted by Gasteiger charge is -2.40. The lowest BCUT2D eigenvalue weighted by atomic mass is 9.70. The maximum Gasteiger partial charge on any atom is 0.0597 e. The molecule has 1 N–H and O–H groups in total. The molecule has 2 nitrogen and oxygen atoms in total. The Kier molecular flexibility index (Phi) is 4.53. The number of hydrogen-bond donors (Lipinski definition) is 1. The molecule has 2 atom stereocenters. The van der Waals surface area contributed by atoms with E-state index in [2.05, 4.69) is 51.1 Å². The zero-order valence-electron chi connectivity index (χ0n) is 13.3. The van der Waals surface area contributed by atoms with Crippen molar-refractivity contribution in [1.82, 2.24) is 0 Å². The van der Waals surface area contributed by atoms with Gasteiger partial charge in [-0.2, -0.15) is 0 Å². The highest BCUT2D eigenvalue weighted by atomic mass is 35.5. The minimum atomic E-state index is 0.482. The number of nitrogens with one attached hydrogen (secondary N) is 1. The normalized spacial score (nSPS) is 25.3. The van der Waals surface area contributed by atoms with Crippen LogP contribution in [-0.2, 0) is 0 Å². The van der Waals surface area contributed by atoms with Crippen LogP contribution in [0, 0.1) is 11.3 Å². The maximum atomic E-state index is 6.16. The smallest absolute Gasteiger partial charge is 0.0597 e. The van der Waals surface area contributed by atoms with Gasteiger partial charge in [-0.25, -0.2) is 0 Å². The van der Waals surface area contributed by atoms with E-state index in [-0.39, 0.29) is 0 Å². The van der Waals surface area contributed by atoms with Crippen molar-refractivity contribution in [3.05, 3.63) is 23.2 Å². The van der Waals surface area contributed by atoms with Crippen molar-refractivity contribution < 1.29 is 0 Å². The minimum Gasteiger partial charge on any atom is -0.380 e. The summed E-state index contributed by atoms with van der Waals surface area (Å²) in [6.45, 7) is 7.12. The van der Waals surface area contributed by atoms with Crippen LogP contribution in [-0.4, -0.2) is 20.1 Å². The predicted molar refractivity (Wildman–Crippen MR) is 90.0 cm³/mol. The van der Waals surface area contributed by atoms with E-state index >= 15 is 0 Å². The Bertz CT molecular complexity index is 468. The van der Waals surface area contributed by atoms with Crippen molar-refractivity contribution >= 4 is 23.0 Å². The summed E-state index contributed by atoms with van der Waals surface area (Å²) in [5.41, 5.74) is 2.83. The molecule has 112 valence electrons. The third kappa shape index (κ3) is 3.60. The Morgan fingerprint density at radius 3 is 2.60 bits per heavy atom. The molecule has 1 aromatic carbocycles. The van der Waals surface area contributed by atoms with E-state index in [1.807, 2.05) is 12.1 Å². The summed E-state index contributed by atoms with van der Waals surface area (Å²) in [5, 5.41) is 4.53. The zero-order chi connectivity index (χ0) is 14.9. The number of nitrogens with zero attached hydrogens (tertiary/aromatic N) is 1. The molecule has 1 saturated carbocycles. The van der Waals surface area contributed by atoms with E-state index in [0.717, 1.165) is 10.7 Å². The molecule has 0 spiro atoms. The number of benzene rings is 1. The van der Waals surface area contributed by atoms with Crippen molar-refractivity contribution in [2.24, 2.45) is 11.3 Å². The van der Waals surface area contributed by atoms with Gasteiger partial charge in [-0.1, -0.05) is 32.4 Å². The van der Waals surface area contributed by atoms with Crippen LogP contribution in [0.5, 0.6) is 0 Å². The van der Waals surface area contributed by atoms with Gasteiger partial charge < -0.3 is 10.2 Å². The van der Waals surface area contributed by atoms with Crippen LogP contribution in [0.25, 0.3) is 0 Å². The van der Waals surface area contributed by atoms with Gasteiger partial charge >= 0.3 is 0 Å². The molecular weight excluding hydrogens is 268 g/mol. The molecule has 0 heterocycles. The molecule has 0 amide bonds. The number of hydrogen-bond acceptors (Lipinski definition) is 2. The topological polar surface area (TPSA) is 15.3 Å². The van der Waals surface area contributed by atoms with Crippen LogP contribution in [0.15, 0.2) is 18.2 Å². The van der Waals surface area contributed by atoms with E-state index in [1.165, 1.54) is 24.9 Å². The van der Waals surface area contributed by atoms with Gasteiger partial charge in [-0.15, -0.1) is 0 Å². The van der Waals surface area contributed by atoms with E-state index in [4.69, 9.17) is 11.6 Å². The zero-order valence-corrected chi connectivity index (χ0v) is 14.1. The Balaban J connectivity index is 2.16. The maximum absolute atomic E-state index is 6.16. The first-order valence-electron chi connectivity index (χ1n) is 7.52. The first-order valence-corrected chi connectivity index (χ1v) is 7.90. The Morgan fingerprint density at radius 2 is 2.00 bits per heavy atom. The lowest BCUT2D eigenvalue weighted by Crippen LogP contribution is -2.37. The van der Waals surface area contributed by atoms with Gasteiger partial charge in [0, 0.05) is 25.2 Å². The highest BCUT2D eigenvalue weighted by Gasteiger charge is 2.32. The van der Waals surface area contributed by atoms with Crippen LogP contribution >= 0.6 is 11.6 Å². The predicted octanol–water partition coefficient (Wildman–Crippen LogP) is 5.03.